The molecule has 1 atom stereocenters. The predicted octanol–water partition coefficient (Wildman–Crippen LogP) is 3.82. The van der Waals surface area contributed by atoms with Gasteiger partial charge in [-0.25, -0.2) is 18.6 Å². The highest BCUT2D eigenvalue weighted by Gasteiger charge is 2.20. The second-order valence-electron chi connectivity index (χ2n) is 8.12. The van der Waals surface area contributed by atoms with E-state index in [9.17, 15) is 18.4 Å². The quantitative estimate of drug-likeness (QED) is 0.323. The van der Waals surface area contributed by atoms with E-state index in [-0.39, 0.29) is 58.7 Å². The number of aromatic nitrogens is 4. The van der Waals surface area contributed by atoms with Gasteiger partial charge in [-0.3, -0.25) is 13.9 Å². The van der Waals surface area contributed by atoms with E-state index in [0.717, 1.165) is 4.57 Å². The first-order valence-corrected chi connectivity index (χ1v) is 11.6. The van der Waals surface area contributed by atoms with Crippen LogP contribution >= 0.6 is 23.2 Å². The summed E-state index contributed by atoms with van der Waals surface area (Å²) in [5.74, 6) is -1.04. The van der Waals surface area contributed by atoms with E-state index in [4.69, 9.17) is 32.7 Å². The van der Waals surface area contributed by atoms with Crippen molar-refractivity contribution in [3.63, 3.8) is 0 Å². The van der Waals surface area contributed by atoms with Crippen LogP contribution in [-0.2, 0) is 43.3 Å². The largest absolute Gasteiger partial charge is 0.374 e. The van der Waals surface area contributed by atoms with Crippen molar-refractivity contribution in [2.24, 2.45) is 14.1 Å². The summed E-state index contributed by atoms with van der Waals surface area (Å²) in [6, 6.07) is 8.61. The molecule has 190 valence electrons. The van der Waals surface area contributed by atoms with Gasteiger partial charge in [0.1, 0.15) is 11.6 Å². The Hall–Kier alpha value is -3.05. The molecule has 4 aromatic rings. The number of nitrogens with zero attached hydrogens (tertiary/aromatic N) is 4. The van der Waals surface area contributed by atoms with Gasteiger partial charge >= 0.3 is 5.69 Å². The van der Waals surface area contributed by atoms with Crippen molar-refractivity contribution >= 4 is 34.4 Å². The molecule has 0 aliphatic heterocycles. The number of benzene rings is 2. The molecule has 0 unspecified atom stereocenters. The van der Waals surface area contributed by atoms with Gasteiger partial charge in [0.15, 0.2) is 11.2 Å². The zero-order valence-electron chi connectivity index (χ0n) is 19.4. The molecular formula is C24H22Cl2F2N4O4. The lowest BCUT2D eigenvalue weighted by Gasteiger charge is -2.20. The zero-order chi connectivity index (χ0) is 26.0. The summed E-state index contributed by atoms with van der Waals surface area (Å²) in [5, 5.41) is 0.417. The highest BCUT2D eigenvalue weighted by molar-refractivity contribution is 6.31. The van der Waals surface area contributed by atoms with E-state index in [1.807, 2.05) is 0 Å². The summed E-state index contributed by atoms with van der Waals surface area (Å²) in [6.07, 6.45) is 0.677. The Kier molecular flexibility index (Phi) is 7.89. The molecule has 0 aliphatic rings. The highest BCUT2D eigenvalue weighted by Crippen LogP contribution is 2.22. The van der Waals surface area contributed by atoms with Gasteiger partial charge in [0.25, 0.3) is 5.56 Å². The monoisotopic (exact) mass is 538 g/mol. The van der Waals surface area contributed by atoms with Gasteiger partial charge in [-0.2, -0.15) is 0 Å². The third-order valence-corrected chi connectivity index (χ3v) is 6.46. The van der Waals surface area contributed by atoms with Crippen molar-refractivity contribution in [1.82, 2.24) is 18.7 Å². The third-order valence-electron chi connectivity index (χ3n) is 5.75. The minimum atomic E-state index is -0.731. The Morgan fingerprint density at radius 2 is 1.56 bits per heavy atom. The van der Waals surface area contributed by atoms with Gasteiger partial charge in [-0.15, -0.1) is 0 Å². The van der Waals surface area contributed by atoms with Crippen LogP contribution in [0.4, 0.5) is 8.78 Å². The van der Waals surface area contributed by atoms with Gasteiger partial charge in [-0.05, 0) is 24.3 Å². The normalized spacial score (nSPS) is 12.4. The number of ether oxygens (including phenoxy) is 2. The summed E-state index contributed by atoms with van der Waals surface area (Å²) in [6.45, 7) is -0.292. The SMILES string of the molecule is Cn1c(=O)c2c(ncn2C[C@@H](COCc2c(F)cccc2Cl)OCc2c(F)cccc2Cl)n(C)c1=O. The number of fused-ring (bicyclic) bond motifs is 1. The number of hydrogen-bond acceptors (Lipinski definition) is 5. The Labute approximate surface area is 214 Å². The van der Waals surface area contributed by atoms with Crippen LogP contribution in [0.15, 0.2) is 52.3 Å². The first-order valence-electron chi connectivity index (χ1n) is 10.8. The Balaban J connectivity index is 1.60. The smallest absolute Gasteiger partial charge is 0.332 e. The van der Waals surface area contributed by atoms with Crippen molar-refractivity contribution in [3.05, 3.63) is 96.4 Å². The number of hydrogen-bond donors (Lipinski definition) is 0. The maximum atomic E-state index is 14.3. The van der Waals surface area contributed by atoms with E-state index in [0.29, 0.717) is 0 Å². The minimum absolute atomic E-state index is 0.0531. The number of halogens is 4. The molecule has 0 N–H and O–H groups in total. The second-order valence-corrected chi connectivity index (χ2v) is 8.94. The molecule has 0 fully saturated rings. The molecule has 2 aromatic heterocycles. The predicted molar refractivity (Wildman–Crippen MR) is 131 cm³/mol. The van der Waals surface area contributed by atoms with Crippen LogP contribution in [0.3, 0.4) is 0 Å². The van der Waals surface area contributed by atoms with Gasteiger partial charge in [0.05, 0.1) is 38.8 Å². The fourth-order valence-corrected chi connectivity index (χ4v) is 4.18. The number of imidazole rings is 1. The van der Waals surface area contributed by atoms with E-state index in [2.05, 4.69) is 4.98 Å². The van der Waals surface area contributed by atoms with Crippen molar-refractivity contribution in [3.8, 4) is 0 Å². The van der Waals surface area contributed by atoms with Crippen LogP contribution in [0, 0.1) is 11.6 Å². The Morgan fingerprint density at radius 3 is 2.17 bits per heavy atom. The Bertz CT molecular complexity index is 1490. The third kappa shape index (κ3) is 5.22. The molecule has 0 saturated heterocycles. The highest BCUT2D eigenvalue weighted by atomic mass is 35.5. The van der Waals surface area contributed by atoms with Crippen LogP contribution in [0.1, 0.15) is 11.1 Å². The van der Waals surface area contributed by atoms with E-state index in [1.165, 1.54) is 53.8 Å². The topological polar surface area (TPSA) is 80.3 Å². The molecule has 0 bridgehead atoms. The van der Waals surface area contributed by atoms with Crippen LogP contribution in [0.5, 0.6) is 0 Å². The fourth-order valence-electron chi connectivity index (χ4n) is 3.74. The first kappa shape index (κ1) is 26.0. The lowest BCUT2D eigenvalue weighted by atomic mass is 10.2. The van der Waals surface area contributed by atoms with E-state index >= 15 is 0 Å². The molecule has 0 amide bonds. The van der Waals surface area contributed by atoms with Crippen LogP contribution in [-0.4, -0.2) is 31.4 Å². The maximum Gasteiger partial charge on any atom is 0.332 e. The molecule has 0 radical (unpaired) electrons. The van der Waals surface area contributed by atoms with Gasteiger partial charge in [0.2, 0.25) is 0 Å². The zero-order valence-corrected chi connectivity index (χ0v) is 20.9. The standard InChI is InChI=1S/C24H22Cl2F2N4O4/c1-30-22-21(23(33)31(2)24(30)34)32(13-29-22)9-14(36-12-16-18(26)6-4-8-20(16)28)10-35-11-15-17(25)5-3-7-19(15)27/h3-8,13-14H,9-12H2,1-2H3/t14-/m0/s1. The first-order chi connectivity index (χ1) is 17.2. The molecule has 0 spiro atoms. The van der Waals surface area contributed by atoms with Crippen molar-refractivity contribution in [2.45, 2.75) is 25.9 Å². The van der Waals surface area contributed by atoms with E-state index < -0.39 is 29.0 Å². The molecule has 0 saturated carbocycles. The fraction of sp³-hybridized carbons (Fsp3) is 0.292. The molecule has 8 nitrogen and oxygen atoms in total. The minimum Gasteiger partial charge on any atom is -0.374 e. The molecule has 36 heavy (non-hydrogen) atoms. The average Bonchev–Trinajstić information content (AvgIpc) is 3.26. The summed E-state index contributed by atoms with van der Waals surface area (Å²) >= 11 is 12.2. The maximum absolute atomic E-state index is 14.3. The summed E-state index contributed by atoms with van der Waals surface area (Å²) in [4.78, 5) is 29.2. The summed E-state index contributed by atoms with van der Waals surface area (Å²) in [5.41, 5.74) is -0.292. The van der Waals surface area contributed by atoms with Crippen molar-refractivity contribution in [1.29, 1.82) is 0 Å². The van der Waals surface area contributed by atoms with Crippen LogP contribution in [0.2, 0.25) is 10.0 Å². The molecule has 2 aromatic carbocycles. The average molecular weight is 539 g/mol. The molecule has 2 heterocycles. The molecular weight excluding hydrogens is 517 g/mol. The van der Waals surface area contributed by atoms with Gasteiger partial charge in [0, 0.05) is 35.3 Å². The molecule has 12 heteroatoms. The second kappa shape index (κ2) is 10.9. The Morgan fingerprint density at radius 1 is 0.944 bits per heavy atom. The summed E-state index contributed by atoms with van der Waals surface area (Å²) in [7, 11) is 2.88. The van der Waals surface area contributed by atoms with Gasteiger partial charge in [-0.1, -0.05) is 35.3 Å². The van der Waals surface area contributed by atoms with Gasteiger partial charge < -0.3 is 14.0 Å². The van der Waals surface area contributed by atoms with E-state index in [1.54, 1.807) is 12.1 Å². The lowest BCUT2D eigenvalue weighted by molar-refractivity contribution is -0.0379. The number of aryl methyl sites for hydroxylation is 1. The molecule has 0 aliphatic carbocycles. The lowest BCUT2D eigenvalue weighted by Crippen LogP contribution is -2.38. The van der Waals surface area contributed by atoms with Crippen LogP contribution < -0.4 is 11.2 Å². The van der Waals surface area contributed by atoms with Crippen molar-refractivity contribution in [2.75, 3.05) is 6.61 Å². The van der Waals surface area contributed by atoms with Crippen molar-refractivity contribution < 1.29 is 18.3 Å². The summed E-state index contributed by atoms with van der Waals surface area (Å²) < 4.78 is 43.8. The number of rotatable bonds is 9. The molecule has 4 rings (SSSR count). The van der Waals surface area contributed by atoms with Crippen LogP contribution in [0.25, 0.3) is 11.2 Å².